The van der Waals surface area contributed by atoms with Crippen LogP contribution < -0.4 is 5.32 Å². The van der Waals surface area contributed by atoms with Crippen molar-refractivity contribution < 1.29 is 4.74 Å². The third-order valence-corrected chi connectivity index (χ3v) is 6.43. The number of hydrogen-bond donors (Lipinski definition) is 1. The smallest absolute Gasteiger partial charge is 0.0594 e. The molecule has 3 saturated carbocycles. The van der Waals surface area contributed by atoms with E-state index in [4.69, 9.17) is 4.74 Å². The molecule has 3 aliphatic rings. The van der Waals surface area contributed by atoms with E-state index in [0.29, 0.717) is 6.10 Å². The maximum Gasteiger partial charge on any atom is 0.0594 e. The fourth-order valence-electron chi connectivity index (χ4n) is 5.05. The van der Waals surface area contributed by atoms with Crippen molar-refractivity contribution in [2.24, 2.45) is 11.8 Å². The monoisotopic (exact) mass is 307 g/mol. The predicted molar refractivity (Wildman–Crippen MR) is 93.1 cm³/mol. The summed E-state index contributed by atoms with van der Waals surface area (Å²) in [4.78, 5) is 0. The van der Waals surface area contributed by atoms with Gasteiger partial charge in [-0.15, -0.1) is 0 Å². The van der Waals surface area contributed by atoms with Crippen LogP contribution in [0.4, 0.5) is 0 Å². The molecule has 0 radical (unpaired) electrons. The van der Waals surface area contributed by atoms with Crippen molar-refractivity contribution >= 4 is 0 Å². The van der Waals surface area contributed by atoms with E-state index in [1.165, 1.54) is 89.9 Å². The lowest BCUT2D eigenvalue weighted by Crippen LogP contribution is -2.31. The Morgan fingerprint density at radius 1 is 0.682 bits per heavy atom. The van der Waals surface area contributed by atoms with Gasteiger partial charge in [0.05, 0.1) is 12.7 Å². The molecule has 0 unspecified atom stereocenters. The van der Waals surface area contributed by atoms with Crippen LogP contribution >= 0.6 is 0 Å². The molecule has 3 aliphatic carbocycles. The SMILES string of the molecule is C1CCC(CC2CCC(OCCNC3CCCC3)CC2)CC1. The lowest BCUT2D eigenvalue weighted by Gasteiger charge is -2.32. The molecule has 2 heteroatoms. The minimum Gasteiger partial charge on any atom is -0.377 e. The molecule has 3 fully saturated rings. The summed E-state index contributed by atoms with van der Waals surface area (Å²) in [5.41, 5.74) is 0. The summed E-state index contributed by atoms with van der Waals surface area (Å²) in [6.07, 6.45) is 20.7. The Balaban J connectivity index is 1.22. The normalized spacial score (nSPS) is 31.6. The van der Waals surface area contributed by atoms with Gasteiger partial charge in [0.1, 0.15) is 0 Å². The molecule has 0 heterocycles. The summed E-state index contributed by atoms with van der Waals surface area (Å²) in [6, 6.07) is 0.787. The van der Waals surface area contributed by atoms with E-state index in [0.717, 1.165) is 31.0 Å². The zero-order chi connectivity index (χ0) is 15.0. The predicted octanol–water partition coefficient (Wildman–Crippen LogP) is 5.06. The van der Waals surface area contributed by atoms with Gasteiger partial charge in [0.2, 0.25) is 0 Å². The Morgan fingerprint density at radius 3 is 2.05 bits per heavy atom. The first-order valence-electron chi connectivity index (χ1n) is 10.2. The van der Waals surface area contributed by atoms with Crippen LogP contribution in [0.15, 0.2) is 0 Å². The van der Waals surface area contributed by atoms with Gasteiger partial charge in [-0.25, -0.2) is 0 Å². The van der Waals surface area contributed by atoms with Crippen LogP contribution in [-0.4, -0.2) is 25.3 Å². The number of hydrogen-bond acceptors (Lipinski definition) is 2. The van der Waals surface area contributed by atoms with E-state index in [9.17, 15) is 0 Å². The molecule has 128 valence electrons. The minimum atomic E-state index is 0.563. The van der Waals surface area contributed by atoms with Crippen LogP contribution in [-0.2, 0) is 4.74 Å². The second-order valence-corrected chi connectivity index (χ2v) is 8.19. The molecular formula is C20H37NO. The zero-order valence-corrected chi connectivity index (χ0v) is 14.5. The molecule has 0 bridgehead atoms. The average Bonchev–Trinajstić information content (AvgIpc) is 3.07. The number of rotatable bonds is 7. The van der Waals surface area contributed by atoms with Crippen molar-refractivity contribution in [1.29, 1.82) is 0 Å². The van der Waals surface area contributed by atoms with Gasteiger partial charge >= 0.3 is 0 Å². The third kappa shape index (κ3) is 5.53. The molecule has 22 heavy (non-hydrogen) atoms. The molecule has 0 aromatic carbocycles. The van der Waals surface area contributed by atoms with E-state index >= 15 is 0 Å². The fourth-order valence-corrected chi connectivity index (χ4v) is 5.05. The van der Waals surface area contributed by atoms with Crippen LogP contribution in [0, 0.1) is 11.8 Å². The van der Waals surface area contributed by atoms with Crippen molar-refractivity contribution in [3.8, 4) is 0 Å². The first kappa shape index (κ1) is 16.8. The standard InChI is InChI=1S/C20H37NO/c1-2-6-17(7-3-1)16-18-10-12-20(13-11-18)22-15-14-21-19-8-4-5-9-19/h17-21H,1-16H2. The summed E-state index contributed by atoms with van der Waals surface area (Å²) in [5.74, 6) is 2.08. The minimum absolute atomic E-state index is 0.563. The molecule has 3 rings (SSSR count). The van der Waals surface area contributed by atoms with Gasteiger partial charge in [0, 0.05) is 12.6 Å². The van der Waals surface area contributed by atoms with Crippen LogP contribution in [0.1, 0.15) is 89.9 Å². The Bertz CT molecular complexity index is 286. The largest absolute Gasteiger partial charge is 0.377 e. The van der Waals surface area contributed by atoms with Crippen LogP contribution in [0.3, 0.4) is 0 Å². The molecule has 0 saturated heterocycles. The van der Waals surface area contributed by atoms with Gasteiger partial charge in [-0.05, 0) is 56.8 Å². The topological polar surface area (TPSA) is 21.3 Å². The maximum atomic E-state index is 6.12. The molecule has 0 aromatic heterocycles. The Labute approximate surface area is 137 Å². The molecule has 1 N–H and O–H groups in total. The van der Waals surface area contributed by atoms with E-state index in [-0.39, 0.29) is 0 Å². The highest BCUT2D eigenvalue weighted by molar-refractivity contribution is 4.77. The zero-order valence-electron chi connectivity index (χ0n) is 14.5. The summed E-state index contributed by atoms with van der Waals surface area (Å²) in [6.45, 7) is 1.99. The lowest BCUT2D eigenvalue weighted by molar-refractivity contribution is 0.0158. The Hall–Kier alpha value is -0.0800. The van der Waals surface area contributed by atoms with Crippen LogP contribution in [0.5, 0.6) is 0 Å². The van der Waals surface area contributed by atoms with Crippen molar-refractivity contribution in [2.75, 3.05) is 13.2 Å². The maximum absolute atomic E-state index is 6.12. The molecular weight excluding hydrogens is 270 g/mol. The highest BCUT2D eigenvalue weighted by Crippen LogP contribution is 2.35. The van der Waals surface area contributed by atoms with E-state index in [1.807, 2.05) is 0 Å². The van der Waals surface area contributed by atoms with Crippen molar-refractivity contribution in [3.05, 3.63) is 0 Å². The first-order valence-corrected chi connectivity index (χ1v) is 10.2. The Morgan fingerprint density at radius 2 is 1.32 bits per heavy atom. The summed E-state index contributed by atoms with van der Waals surface area (Å²) < 4.78 is 6.12. The van der Waals surface area contributed by atoms with E-state index in [1.54, 1.807) is 0 Å². The van der Waals surface area contributed by atoms with Gasteiger partial charge in [-0.3, -0.25) is 0 Å². The molecule has 0 aliphatic heterocycles. The molecule has 0 atom stereocenters. The second-order valence-electron chi connectivity index (χ2n) is 8.19. The van der Waals surface area contributed by atoms with Gasteiger partial charge in [0.25, 0.3) is 0 Å². The summed E-state index contributed by atoms with van der Waals surface area (Å²) >= 11 is 0. The molecule has 0 aromatic rings. The van der Waals surface area contributed by atoms with Crippen LogP contribution in [0.25, 0.3) is 0 Å². The first-order chi connectivity index (χ1) is 10.9. The average molecular weight is 308 g/mol. The molecule has 2 nitrogen and oxygen atoms in total. The van der Waals surface area contributed by atoms with Crippen LogP contribution in [0.2, 0.25) is 0 Å². The van der Waals surface area contributed by atoms with Crippen molar-refractivity contribution in [3.63, 3.8) is 0 Å². The van der Waals surface area contributed by atoms with Crippen molar-refractivity contribution in [1.82, 2.24) is 5.32 Å². The van der Waals surface area contributed by atoms with Crippen molar-refractivity contribution in [2.45, 2.75) is 102 Å². The summed E-state index contributed by atoms with van der Waals surface area (Å²) in [7, 11) is 0. The quantitative estimate of drug-likeness (QED) is 0.663. The van der Waals surface area contributed by atoms with Gasteiger partial charge in [-0.1, -0.05) is 44.9 Å². The second kappa shape index (κ2) is 9.27. The Kier molecular flexibility index (Phi) is 7.07. The fraction of sp³-hybridized carbons (Fsp3) is 1.00. The highest BCUT2D eigenvalue weighted by Gasteiger charge is 2.25. The third-order valence-electron chi connectivity index (χ3n) is 6.43. The highest BCUT2D eigenvalue weighted by atomic mass is 16.5. The number of ether oxygens (including phenoxy) is 1. The van der Waals surface area contributed by atoms with E-state index < -0.39 is 0 Å². The van der Waals surface area contributed by atoms with Gasteiger partial charge < -0.3 is 10.1 Å². The number of nitrogens with one attached hydrogen (secondary N) is 1. The summed E-state index contributed by atoms with van der Waals surface area (Å²) in [5, 5.41) is 3.66. The molecule has 0 amide bonds. The van der Waals surface area contributed by atoms with Gasteiger partial charge in [0.15, 0.2) is 0 Å². The molecule has 0 spiro atoms. The van der Waals surface area contributed by atoms with E-state index in [2.05, 4.69) is 5.32 Å². The lowest BCUT2D eigenvalue weighted by atomic mass is 9.77. The van der Waals surface area contributed by atoms with Gasteiger partial charge in [-0.2, -0.15) is 0 Å².